The molecule has 0 aliphatic heterocycles. The number of thioether (sulfide) groups is 1. The minimum absolute atomic E-state index is 0.0900. The van der Waals surface area contributed by atoms with Crippen molar-refractivity contribution in [2.45, 2.75) is 24.0 Å². The minimum Gasteiger partial charge on any atom is -0.336 e. The molecule has 1 heterocycles. The maximum atomic E-state index is 11.6. The number of rotatable bonds is 3. The summed E-state index contributed by atoms with van der Waals surface area (Å²) in [5, 5.41) is 2.94. The first kappa shape index (κ1) is 10.5. The first-order valence-corrected chi connectivity index (χ1v) is 6.30. The number of carbonyl (C=O) groups is 1. The van der Waals surface area contributed by atoms with Crippen molar-refractivity contribution < 1.29 is 4.79 Å². The molecule has 0 radical (unpaired) electrons. The molecule has 4 nitrogen and oxygen atoms in total. The zero-order valence-corrected chi connectivity index (χ0v) is 9.59. The molecule has 0 atom stereocenters. The predicted octanol–water partition coefficient (Wildman–Crippen LogP) is 1.73. The molecule has 1 fully saturated rings. The van der Waals surface area contributed by atoms with Gasteiger partial charge in [-0.1, -0.05) is 6.42 Å². The minimum atomic E-state index is -0.0900. The molecule has 1 aliphatic carbocycles. The number of carbonyl (C=O) groups excluding carboxylic acids is 1. The van der Waals surface area contributed by atoms with Gasteiger partial charge in [-0.25, -0.2) is 9.78 Å². The zero-order valence-electron chi connectivity index (χ0n) is 8.77. The first-order chi connectivity index (χ1) is 7.26. The number of aromatic nitrogens is 2. The molecule has 2 rings (SSSR count). The van der Waals surface area contributed by atoms with Gasteiger partial charge in [0, 0.05) is 23.7 Å². The average molecular weight is 225 g/mol. The van der Waals surface area contributed by atoms with Crippen LogP contribution in [0.15, 0.2) is 18.7 Å². The molecule has 0 bridgehead atoms. The average Bonchev–Trinajstić information content (AvgIpc) is 2.69. The standard InChI is InChI=1S/C10H15N3OS/c1-15-10(3-2-4-10)7-12-9(14)13-6-5-11-8-13/h5-6,8H,2-4,7H2,1H3,(H,12,14). The van der Waals surface area contributed by atoms with Gasteiger partial charge in [-0.2, -0.15) is 11.8 Å². The normalized spacial score (nSPS) is 18.2. The van der Waals surface area contributed by atoms with Crippen LogP contribution in [0.25, 0.3) is 0 Å². The second-order valence-electron chi connectivity index (χ2n) is 3.87. The summed E-state index contributed by atoms with van der Waals surface area (Å²) in [6.07, 6.45) is 10.6. The Morgan fingerprint density at radius 1 is 1.67 bits per heavy atom. The maximum Gasteiger partial charge on any atom is 0.326 e. The van der Waals surface area contributed by atoms with Gasteiger partial charge in [0.15, 0.2) is 0 Å². The monoisotopic (exact) mass is 225 g/mol. The third-order valence-electron chi connectivity index (χ3n) is 3.00. The van der Waals surface area contributed by atoms with Crippen molar-refractivity contribution in [3.8, 4) is 0 Å². The molecule has 82 valence electrons. The van der Waals surface area contributed by atoms with Gasteiger partial charge in [0.1, 0.15) is 6.33 Å². The molecule has 5 heteroatoms. The van der Waals surface area contributed by atoms with Gasteiger partial charge in [0.2, 0.25) is 0 Å². The van der Waals surface area contributed by atoms with Crippen molar-refractivity contribution >= 4 is 17.8 Å². The smallest absolute Gasteiger partial charge is 0.326 e. The van der Waals surface area contributed by atoms with Crippen LogP contribution in [-0.4, -0.2) is 33.1 Å². The van der Waals surface area contributed by atoms with Crippen LogP contribution in [0.3, 0.4) is 0 Å². The van der Waals surface area contributed by atoms with Crippen LogP contribution < -0.4 is 5.32 Å². The lowest BCUT2D eigenvalue weighted by Gasteiger charge is -2.40. The van der Waals surface area contributed by atoms with E-state index in [1.807, 2.05) is 11.8 Å². The number of hydrogen-bond acceptors (Lipinski definition) is 3. The summed E-state index contributed by atoms with van der Waals surface area (Å²) in [6, 6.07) is -0.0900. The Balaban J connectivity index is 1.85. The van der Waals surface area contributed by atoms with E-state index >= 15 is 0 Å². The molecular formula is C10H15N3OS. The summed E-state index contributed by atoms with van der Waals surface area (Å²) in [5.74, 6) is 0. The summed E-state index contributed by atoms with van der Waals surface area (Å²) < 4.78 is 1.75. The lowest BCUT2D eigenvalue weighted by molar-refractivity contribution is 0.237. The summed E-state index contributed by atoms with van der Waals surface area (Å²) in [7, 11) is 0. The van der Waals surface area contributed by atoms with Crippen molar-refractivity contribution in [3.05, 3.63) is 18.7 Å². The molecule has 1 amide bonds. The number of imidazole rings is 1. The van der Waals surface area contributed by atoms with E-state index in [9.17, 15) is 4.79 Å². The Labute approximate surface area is 93.5 Å². The Kier molecular flexibility index (Phi) is 3.00. The van der Waals surface area contributed by atoms with Crippen LogP contribution in [0, 0.1) is 0 Å². The van der Waals surface area contributed by atoms with E-state index in [-0.39, 0.29) is 10.8 Å². The predicted molar refractivity (Wildman–Crippen MR) is 61.1 cm³/mol. The fraction of sp³-hybridized carbons (Fsp3) is 0.600. The van der Waals surface area contributed by atoms with Crippen LogP contribution in [0.1, 0.15) is 19.3 Å². The van der Waals surface area contributed by atoms with Crippen LogP contribution in [0.2, 0.25) is 0 Å². The van der Waals surface area contributed by atoms with Gasteiger partial charge in [-0.05, 0) is 19.1 Å². The van der Waals surface area contributed by atoms with Crippen molar-refractivity contribution in [1.82, 2.24) is 14.9 Å². The van der Waals surface area contributed by atoms with Crippen LogP contribution in [-0.2, 0) is 0 Å². The van der Waals surface area contributed by atoms with Gasteiger partial charge < -0.3 is 5.32 Å². The molecule has 0 aromatic carbocycles. The van der Waals surface area contributed by atoms with Crippen LogP contribution >= 0.6 is 11.8 Å². The van der Waals surface area contributed by atoms with Gasteiger partial charge >= 0.3 is 6.03 Å². The van der Waals surface area contributed by atoms with Crippen LogP contribution in [0.4, 0.5) is 4.79 Å². The second-order valence-corrected chi connectivity index (χ2v) is 5.14. The Bertz CT molecular complexity index is 327. The largest absolute Gasteiger partial charge is 0.336 e. The molecule has 1 aromatic rings. The summed E-state index contributed by atoms with van der Waals surface area (Å²) >= 11 is 1.86. The maximum absolute atomic E-state index is 11.6. The molecule has 1 aliphatic rings. The van der Waals surface area contributed by atoms with E-state index in [4.69, 9.17) is 0 Å². The zero-order chi connectivity index (χ0) is 10.7. The van der Waals surface area contributed by atoms with Crippen LogP contribution in [0.5, 0.6) is 0 Å². The van der Waals surface area contributed by atoms with E-state index in [0.29, 0.717) is 0 Å². The van der Waals surface area contributed by atoms with E-state index in [2.05, 4.69) is 16.6 Å². The molecule has 1 N–H and O–H groups in total. The quantitative estimate of drug-likeness (QED) is 0.852. The highest BCUT2D eigenvalue weighted by Crippen LogP contribution is 2.42. The molecule has 1 aromatic heterocycles. The van der Waals surface area contributed by atoms with E-state index in [1.54, 1.807) is 12.4 Å². The lowest BCUT2D eigenvalue weighted by atomic mass is 9.84. The SMILES string of the molecule is CSC1(CNC(=O)n2ccnc2)CCC1. The lowest BCUT2D eigenvalue weighted by Crippen LogP contribution is -2.46. The van der Waals surface area contributed by atoms with Crippen molar-refractivity contribution in [2.24, 2.45) is 0 Å². The Morgan fingerprint density at radius 3 is 2.93 bits per heavy atom. The number of hydrogen-bond donors (Lipinski definition) is 1. The fourth-order valence-corrected chi connectivity index (χ4v) is 2.64. The second kappa shape index (κ2) is 4.26. The van der Waals surface area contributed by atoms with Gasteiger partial charge in [0.25, 0.3) is 0 Å². The third kappa shape index (κ3) is 2.17. The fourth-order valence-electron chi connectivity index (χ4n) is 1.73. The molecule has 0 spiro atoms. The van der Waals surface area contributed by atoms with E-state index in [1.165, 1.54) is 30.2 Å². The molecular weight excluding hydrogens is 210 g/mol. The highest BCUT2D eigenvalue weighted by Gasteiger charge is 2.36. The summed E-state index contributed by atoms with van der Waals surface area (Å²) in [5.41, 5.74) is 0. The first-order valence-electron chi connectivity index (χ1n) is 5.07. The molecule has 15 heavy (non-hydrogen) atoms. The topological polar surface area (TPSA) is 46.9 Å². The van der Waals surface area contributed by atoms with Gasteiger partial charge in [0.05, 0.1) is 0 Å². The molecule has 0 saturated heterocycles. The molecule has 1 saturated carbocycles. The third-order valence-corrected chi connectivity index (χ3v) is 4.42. The number of nitrogens with one attached hydrogen (secondary N) is 1. The number of nitrogens with zero attached hydrogens (tertiary/aromatic N) is 2. The van der Waals surface area contributed by atoms with Gasteiger partial charge in [-0.3, -0.25) is 4.57 Å². The Hall–Kier alpha value is -0.970. The van der Waals surface area contributed by atoms with Crippen molar-refractivity contribution in [3.63, 3.8) is 0 Å². The van der Waals surface area contributed by atoms with Gasteiger partial charge in [-0.15, -0.1) is 0 Å². The van der Waals surface area contributed by atoms with E-state index < -0.39 is 0 Å². The summed E-state index contributed by atoms with van der Waals surface area (Å²) in [4.78, 5) is 15.4. The highest BCUT2D eigenvalue weighted by atomic mass is 32.2. The summed E-state index contributed by atoms with van der Waals surface area (Å²) in [6.45, 7) is 0.755. The Morgan fingerprint density at radius 2 is 2.47 bits per heavy atom. The van der Waals surface area contributed by atoms with Crippen molar-refractivity contribution in [1.29, 1.82) is 0 Å². The number of amides is 1. The van der Waals surface area contributed by atoms with Crippen molar-refractivity contribution in [2.75, 3.05) is 12.8 Å². The highest BCUT2D eigenvalue weighted by molar-refractivity contribution is 8.00. The van der Waals surface area contributed by atoms with E-state index in [0.717, 1.165) is 6.54 Å². The molecule has 0 unspecified atom stereocenters.